The normalized spacial score (nSPS) is 10.2. The fourth-order valence-electron chi connectivity index (χ4n) is 1.38. The van der Waals surface area contributed by atoms with Gasteiger partial charge in [0.2, 0.25) is 11.7 Å². The number of halogens is 2. The fourth-order valence-corrected chi connectivity index (χ4v) is 1.59. The summed E-state index contributed by atoms with van der Waals surface area (Å²) < 4.78 is 18.0. The smallest absolute Gasteiger partial charge is 0.216 e. The first-order chi connectivity index (χ1) is 8.61. The zero-order valence-corrected chi connectivity index (χ0v) is 10.1. The van der Waals surface area contributed by atoms with Crippen LogP contribution in [0.4, 0.5) is 4.39 Å². The molecular weight excluding hydrogens is 259 g/mol. The maximum Gasteiger partial charge on any atom is 0.216 e. The van der Waals surface area contributed by atoms with Crippen LogP contribution >= 0.6 is 11.6 Å². The lowest BCUT2D eigenvalue weighted by Crippen LogP contribution is -2.06. The van der Waals surface area contributed by atoms with E-state index in [0.717, 1.165) is 6.07 Å². The molecule has 0 aliphatic carbocycles. The van der Waals surface area contributed by atoms with Crippen molar-refractivity contribution in [1.82, 2.24) is 9.97 Å². The second kappa shape index (κ2) is 5.10. The van der Waals surface area contributed by atoms with E-state index in [-0.39, 0.29) is 22.2 Å². The highest BCUT2D eigenvalue weighted by Gasteiger charge is 2.16. The van der Waals surface area contributed by atoms with E-state index in [1.165, 1.54) is 31.6 Å². The third-order valence-electron chi connectivity index (χ3n) is 2.26. The first kappa shape index (κ1) is 12.4. The maximum atomic E-state index is 13.1. The van der Waals surface area contributed by atoms with Crippen molar-refractivity contribution in [1.29, 1.82) is 0 Å². The van der Waals surface area contributed by atoms with Gasteiger partial charge >= 0.3 is 0 Å². The Morgan fingerprint density at radius 3 is 2.83 bits per heavy atom. The van der Waals surface area contributed by atoms with Gasteiger partial charge in [-0.3, -0.25) is 4.79 Å². The number of nitrogens with zero attached hydrogens (tertiary/aromatic N) is 2. The summed E-state index contributed by atoms with van der Waals surface area (Å²) in [5.74, 6) is -0.773. The highest BCUT2D eigenvalue weighted by atomic mass is 35.5. The van der Waals surface area contributed by atoms with Gasteiger partial charge in [0.15, 0.2) is 0 Å². The van der Waals surface area contributed by atoms with Gasteiger partial charge in [0.05, 0.1) is 12.1 Å². The monoisotopic (exact) mass is 266 g/mol. The number of aromatic nitrogens is 2. The van der Waals surface area contributed by atoms with E-state index < -0.39 is 11.6 Å². The van der Waals surface area contributed by atoms with Crippen molar-refractivity contribution in [2.45, 2.75) is 0 Å². The van der Waals surface area contributed by atoms with Gasteiger partial charge in [-0.2, -0.15) is 0 Å². The third kappa shape index (κ3) is 2.46. The molecule has 0 saturated carbocycles. The number of rotatable bonds is 3. The molecule has 1 aromatic carbocycles. The van der Waals surface area contributed by atoms with Crippen molar-refractivity contribution in [3.8, 4) is 5.88 Å². The standard InChI is InChI=1S/C12H8ClFN2O2/c1-18-11-5-10(15-6-16-11)12(17)8-4-7(14)2-3-9(8)13/h2-6H,1H3. The number of carbonyl (C=O) groups is 1. The maximum absolute atomic E-state index is 13.1. The molecule has 0 saturated heterocycles. The van der Waals surface area contributed by atoms with E-state index in [4.69, 9.17) is 16.3 Å². The predicted molar refractivity (Wildman–Crippen MR) is 63.4 cm³/mol. The molecule has 0 N–H and O–H groups in total. The average molecular weight is 267 g/mol. The summed E-state index contributed by atoms with van der Waals surface area (Å²) in [5, 5.41) is 0.166. The fraction of sp³-hybridized carbons (Fsp3) is 0.0833. The molecule has 0 radical (unpaired) electrons. The van der Waals surface area contributed by atoms with Crippen LogP contribution in [0.25, 0.3) is 0 Å². The average Bonchev–Trinajstić information content (AvgIpc) is 2.41. The van der Waals surface area contributed by atoms with Crippen LogP contribution in [-0.4, -0.2) is 22.9 Å². The Labute approximate surface area is 107 Å². The second-order valence-electron chi connectivity index (χ2n) is 3.40. The van der Waals surface area contributed by atoms with Crippen molar-refractivity contribution in [3.63, 3.8) is 0 Å². The topological polar surface area (TPSA) is 52.1 Å². The van der Waals surface area contributed by atoms with Crippen LogP contribution in [-0.2, 0) is 0 Å². The summed E-state index contributed by atoms with van der Waals surface area (Å²) in [6.07, 6.45) is 1.19. The number of benzene rings is 1. The largest absolute Gasteiger partial charge is 0.481 e. The molecule has 0 unspecified atom stereocenters. The van der Waals surface area contributed by atoms with Gasteiger partial charge in [0.25, 0.3) is 0 Å². The molecule has 18 heavy (non-hydrogen) atoms. The van der Waals surface area contributed by atoms with Crippen LogP contribution < -0.4 is 4.74 Å². The first-order valence-electron chi connectivity index (χ1n) is 4.97. The molecule has 0 aliphatic heterocycles. The van der Waals surface area contributed by atoms with E-state index in [2.05, 4.69) is 9.97 Å². The zero-order valence-electron chi connectivity index (χ0n) is 9.35. The predicted octanol–water partition coefficient (Wildman–Crippen LogP) is 2.51. The van der Waals surface area contributed by atoms with Crippen molar-refractivity contribution < 1.29 is 13.9 Å². The number of carbonyl (C=O) groups excluding carboxylic acids is 1. The second-order valence-corrected chi connectivity index (χ2v) is 3.81. The van der Waals surface area contributed by atoms with Crippen molar-refractivity contribution >= 4 is 17.4 Å². The van der Waals surface area contributed by atoms with E-state index in [9.17, 15) is 9.18 Å². The molecular formula is C12H8ClFN2O2. The minimum absolute atomic E-state index is 0.0532. The Hall–Kier alpha value is -2.01. The van der Waals surface area contributed by atoms with Crippen LogP contribution in [0.5, 0.6) is 5.88 Å². The Morgan fingerprint density at radius 1 is 1.33 bits per heavy atom. The molecule has 0 aliphatic rings. The molecule has 4 nitrogen and oxygen atoms in total. The van der Waals surface area contributed by atoms with Gasteiger partial charge in [-0.05, 0) is 18.2 Å². The lowest BCUT2D eigenvalue weighted by Gasteiger charge is -2.04. The number of hydrogen-bond acceptors (Lipinski definition) is 4. The molecule has 0 bridgehead atoms. The lowest BCUT2D eigenvalue weighted by atomic mass is 10.1. The van der Waals surface area contributed by atoms with Crippen LogP contribution in [0.3, 0.4) is 0 Å². The Balaban J connectivity index is 2.44. The first-order valence-corrected chi connectivity index (χ1v) is 5.35. The molecule has 2 rings (SSSR count). The summed E-state index contributed by atoms with van der Waals surface area (Å²) in [7, 11) is 1.42. The summed E-state index contributed by atoms with van der Waals surface area (Å²) in [5.41, 5.74) is 0.145. The minimum Gasteiger partial charge on any atom is -0.481 e. The minimum atomic E-state index is -0.538. The molecule has 0 spiro atoms. The Kier molecular flexibility index (Phi) is 3.53. The van der Waals surface area contributed by atoms with Gasteiger partial charge in [0, 0.05) is 11.6 Å². The van der Waals surface area contributed by atoms with Crippen LogP contribution in [0, 0.1) is 5.82 Å². The van der Waals surface area contributed by atoms with Crippen molar-refractivity contribution in [2.24, 2.45) is 0 Å². The van der Waals surface area contributed by atoms with E-state index in [1.54, 1.807) is 0 Å². The Bertz CT molecular complexity index is 604. The van der Waals surface area contributed by atoms with Crippen LogP contribution in [0.1, 0.15) is 16.1 Å². The van der Waals surface area contributed by atoms with Gasteiger partial charge in [-0.1, -0.05) is 11.6 Å². The van der Waals surface area contributed by atoms with Crippen LogP contribution in [0.15, 0.2) is 30.6 Å². The van der Waals surface area contributed by atoms with Gasteiger partial charge in [-0.15, -0.1) is 0 Å². The van der Waals surface area contributed by atoms with Gasteiger partial charge in [0.1, 0.15) is 17.8 Å². The number of ketones is 1. The molecule has 0 amide bonds. The zero-order chi connectivity index (χ0) is 13.1. The third-order valence-corrected chi connectivity index (χ3v) is 2.59. The van der Waals surface area contributed by atoms with Crippen molar-refractivity contribution in [2.75, 3.05) is 7.11 Å². The molecule has 2 aromatic rings. The highest BCUT2D eigenvalue weighted by molar-refractivity contribution is 6.34. The highest BCUT2D eigenvalue weighted by Crippen LogP contribution is 2.20. The molecule has 0 atom stereocenters. The molecule has 92 valence electrons. The summed E-state index contributed by atoms with van der Waals surface area (Å²) in [4.78, 5) is 19.7. The summed E-state index contributed by atoms with van der Waals surface area (Å²) in [6.45, 7) is 0. The molecule has 1 aromatic heterocycles. The van der Waals surface area contributed by atoms with Gasteiger partial charge < -0.3 is 4.74 Å². The van der Waals surface area contributed by atoms with Crippen molar-refractivity contribution in [3.05, 3.63) is 52.7 Å². The Morgan fingerprint density at radius 2 is 2.11 bits per heavy atom. The molecule has 0 fully saturated rings. The van der Waals surface area contributed by atoms with E-state index in [0.29, 0.717) is 0 Å². The quantitative estimate of drug-likeness (QED) is 0.801. The van der Waals surface area contributed by atoms with Crippen LogP contribution in [0.2, 0.25) is 5.02 Å². The SMILES string of the molecule is COc1cc(C(=O)c2cc(F)ccc2Cl)ncn1. The molecule has 1 heterocycles. The number of methoxy groups -OCH3 is 1. The van der Waals surface area contributed by atoms with E-state index in [1.807, 2.05) is 0 Å². The van der Waals surface area contributed by atoms with Gasteiger partial charge in [-0.25, -0.2) is 14.4 Å². The summed E-state index contributed by atoms with van der Waals surface area (Å²) >= 11 is 5.85. The van der Waals surface area contributed by atoms with E-state index >= 15 is 0 Å². The lowest BCUT2D eigenvalue weighted by molar-refractivity contribution is 0.103. The molecule has 6 heteroatoms. The number of ether oxygens (including phenoxy) is 1. The summed E-state index contributed by atoms with van der Waals surface area (Å²) in [6, 6.07) is 4.94. The number of hydrogen-bond donors (Lipinski definition) is 0.